The monoisotopic (exact) mass is 461 g/mol. The largest absolute Gasteiger partial charge is 0.317 e. The molecular weight excluding hydrogens is 437 g/mol. The lowest BCUT2D eigenvalue weighted by Gasteiger charge is -2.30. The number of hydrogen-bond donors (Lipinski definition) is 0. The van der Waals surface area contributed by atoms with E-state index in [4.69, 9.17) is 0 Å². The Morgan fingerprint density at radius 2 is 1.97 bits per heavy atom. The first-order valence-electron chi connectivity index (χ1n) is 10.3. The molecule has 0 saturated carbocycles. The molecule has 0 N–H and O–H groups in total. The zero-order chi connectivity index (χ0) is 22.2. The molecule has 2 aromatic carbocycles. The Bertz CT molecular complexity index is 1290. The third-order valence-corrected chi connectivity index (χ3v) is 8.44. The van der Waals surface area contributed by atoms with E-state index >= 15 is 0 Å². The van der Waals surface area contributed by atoms with Crippen molar-refractivity contribution in [1.29, 1.82) is 0 Å². The highest BCUT2D eigenvalue weighted by Gasteiger charge is 2.28. The molecular formula is C22H24FN3O3S2. The van der Waals surface area contributed by atoms with Crippen molar-refractivity contribution in [3.05, 3.63) is 58.6 Å². The van der Waals surface area contributed by atoms with Gasteiger partial charge in [-0.2, -0.15) is 9.30 Å². The third kappa shape index (κ3) is 4.35. The van der Waals surface area contributed by atoms with E-state index in [0.29, 0.717) is 40.6 Å². The Morgan fingerprint density at radius 3 is 2.65 bits per heavy atom. The number of hydrogen-bond acceptors (Lipinski definition) is 4. The van der Waals surface area contributed by atoms with E-state index in [1.54, 1.807) is 6.07 Å². The maximum Gasteiger partial charge on any atom is 0.279 e. The van der Waals surface area contributed by atoms with E-state index < -0.39 is 15.9 Å². The van der Waals surface area contributed by atoms with E-state index in [9.17, 15) is 17.6 Å². The normalized spacial score (nSPS) is 18.5. The van der Waals surface area contributed by atoms with Gasteiger partial charge in [-0.1, -0.05) is 18.3 Å². The molecule has 0 bridgehead atoms. The molecule has 1 fully saturated rings. The molecule has 164 valence electrons. The van der Waals surface area contributed by atoms with Crippen LogP contribution >= 0.6 is 11.3 Å². The highest BCUT2D eigenvalue weighted by molar-refractivity contribution is 7.89. The lowest BCUT2D eigenvalue weighted by molar-refractivity contribution is 0.0997. The molecule has 6 nitrogen and oxygen atoms in total. The fraction of sp³-hybridized carbons (Fsp3) is 0.364. The first-order chi connectivity index (χ1) is 14.8. The Kier molecular flexibility index (Phi) is 6.09. The maximum absolute atomic E-state index is 13.5. The fourth-order valence-corrected chi connectivity index (χ4v) is 6.59. The molecule has 0 unspecified atom stereocenters. The van der Waals surface area contributed by atoms with Gasteiger partial charge in [0.15, 0.2) is 4.80 Å². The Balaban J connectivity index is 1.63. The number of aromatic nitrogens is 1. The second-order valence-electron chi connectivity index (χ2n) is 7.79. The van der Waals surface area contributed by atoms with Gasteiger partial charge < -0.3 is 4.57 Å². The Morgan fingerprint density at radius 1 is 1.23 bits per heavy atom. The number of carbonyl (C=O) groups excluding carboxylic acids is 1. The van der Waals surface area contributed by atoms with Crippen LogP contribution in [-0.4, -0.2) is 36.3 Å². The van der Waals surface area contributed by atoms with Crippen LogP contribution in [0.3, 0.4) is 0 Å². The molecule has 3 aromatic rings. The van der Waals surface area contributed by atoms with Crippen molar-refractivity contribution in [2.24, 2.45) is 10.9 Å². The van der Waals surface area contributed by atoms with Crippen LogP contribution in [0.4, 0.5) is 4.39 Å². The highest BCUT2D eigenvalue weighted by atomic mass is 32.2. The molecule has 1 aliphatic rings. The summed E-state index contributed by atoms with van der Waals surface area (Å²) in [5.74, 6) is -0.470. The summed E-state index contributed by atoms with van der Waals surface area (Å²) in [5, 5.41) is 0. The summed E-state index contributed by atoms with van der Waals surface area (Å²) < 4.78 is 43.4. The number of thiazole rings is 1. The smallest absolute Gasteiger partial charge is 0.279 e. The molecule has 1 amide bonds. The molecule has 0 spiro atoms. The van der Waals surface area contributed by atoms with Crippen molar-refractivity contribution in [1.82, 2.24) is 8.87 Å². The number of halogens is 1. The van der Waals surface area contributed by atoms with E-state index in [0.717, 1.165) is 18.4 Å². The topological polar surface area (TPSA) is 71.7 Å². The van der Waals surface area contributed by atoms with Crippen molar-refractivity contribution in [3.8, 4) is 0 Å². The van der Waals surface area contributed by atoms with Crippen molar-refractivity contribution in [3.63, 3.8) is 0 Å². The Hall–Kier alpha value is -2.36. The van der Waals surface area contributed by atoms with Crippen LogP contribution in [0.1, 0.15) is 37.0 Å². The number of aryl methyl sites for hydroxylation is 1. The molecule has 31 heavy (non-hydrogen) atoms. The van der Waals surface area contributed by atoms with Crippen molar-refractivity contribution in [2.45, 2.75) is 38.1 Å². The molecule has 1 aromatic heterocycles. The van der Waals surface area contributed by atoms with Crippen molar-refractivity contribution < 1.29 is 17.6 Å². The summed E-state index contributed by atoms with van der Waals surface area (Å²) in [6.45, 7) is 5.60. The molecule has 1 saturated heterocycles. The molecule has 1 aliphatic heterocycles. The van der Waals surface area contributed by atoms with Gasteiger partial charge in [-0.25, -0.2) is 12.8 Å². The molecule has 0 aliphatic carbocycles. The van der Waals surface area contributed by atoms with Crippen molar-refractivity contribution in [2.75, 3.05) is 13.1 Å². The molecule has 4 rings (SSSR count). The van der Waals surface area contributed by atoms with Gasteiger partial charge in [0.2, 0.25) is 10.0 Å². The number of fused-ring (bicyclic) bond motifs is 1. The zero-order valence-electron chi connectivity index (χ0n) is 17.4. The summed E-state index contributed by atoms with van der Waals surface area (Å²) in [4.78, 5) is 17.6. The summed E-state index contributed by atoms with van der Waals surface area (Å²) in [6, 6.07) is 10.4. The summed E-state index contributed by atoms with van der Waals surface area (Å²) in [5.41, 5.74) is 1.12. The van der Waals surface area contributed by atoms with E-state index in [1.807, 2.05) is 11.5 Å². The van der Waals surface area contributed by atoms with Crippen LogP contribution < -0.4 is 4.80 Å². The predicted octanol–water partition coefficient (Wildman–Crippen LogP) is 4.02. The SMILES string of the molecule is CCn1c(=NC(=O)c2ccc(S(=O)(=O)N3CCC[C@H](C)C3)cc2)sc2cc(F)ccc21. The number of amides is 1. The first kappa shape index (κ1) is 21.9. The summed E-state index contributed by atoms with van der Waals surface area (Å²) in [6.07, 6.45) is 1.88. The zero-order valence-corrected chi connectivity index (χ0v) is 19.0. The standard InChI is InChI=1S/C22H24FN3O3S2/c1-3-26-19-11-8-17(23)13-20(19)30-22(26)24-21(27)16-6-9-18(10-7-16)31(28,29)25-12-4-5-15(2)14-25/h6-11,13,15H,3-5,12,14H2,1-2H3/t15-/m0/s1. The number of benzene rings is 2. The average molecular weight is 462 g/mol. The predicted molar refractivity (Wildman–Crippen MR) is 119 cm³/mol. The lowest BCUT2D eigenvalue weighted by atomic mass is 10.0. The number of nitrogens with zero attached hydrogens (tertiary/aromatic N) is 3. The number of rotatable bonds is 4. The lowest BCUT2D eigenvalue weighted by Crippen LogP contribution is -2.39. The summed E-state index contributed by atoms with van der Waals surface area (Å²) in [7, 11) is -3.57. The van der Waals surface area contributed by atoms with Crippen molar-refractivity contribution >= 4 is 37.5 Å². The second-order valence-corrected chi connectivity index (χ2v) is 10.7. The molecule has 9 heteroatoms. The minimum atomic E-state index is -3.57. The van der Waals surface area contributed by atoms with Gasteiger partial charge in [-0.05, 0) is 68.1 Å². The van der Waals surface area contributed by atoms with Crippen LogP contribution in [0.25, 0.3) is 10.2 Å². The highest BCUT2D eigenvalue weighted by Crippen LogP contribution is 2.24. The fourth-order valence-electron chi connectivity index (χ4n) is 3.87. The number of piperidine rings is 1. The van der Waals surface area contributed by atoms with Gasteiger partial charge in [0.05, 0.1) is 15.1 Å². The van der Waals surface area contributed by atoms with Gasteiger partial charge in [0.25, 0.3) is 5.91 Å². The molecule has 1 atom stereocenters. The van der Waals surface area contributed by atoms with Crippen LogP contribution in [0, 0.1) is 11.7 Å². The number of carbonyl (C=O) groups is 1. The van der Waals surface area contributed by atoms with Crippen LogP contribution in [0.2, 0.25) is 0 Å². The minimum absolute atomic E-state index is 0.180. The van der Waals surface area contributed by atoms with E-state index in [-0.39, 0.29) is 10.7 Å². The van der Waals surface area contributed by atoms with E-state index in [2.05, 4.69) is 11.9 Å². The minimum Gasteiger partial charge on any atom is -0.317 e. The van der Waals surface area contributed by atoms with E-state index in [1.165, 1.54) is 52.0 Å². The molecule has 0 radical (unpaired) electrons. The van der Waals surface area contributed by atoms with Gasteiger partial charge in [-0.15, -0.1) is 0 Å². The number of sulfonamides is 1. The van der Waals surface area contributed by atoms with Gasteiger partial charge in [0, 0.05) is 25.2 Å². The first-order valence-corrected chi connectivity index (χ1v) is 12.5. The van der Waals surface area contributed by atoms with Gasteiger partial charge >= 0.3 is 0 Å². The van der Waals surface area contributed by atoms with Gasteiger partial charge in [0.1, 0.15) is 5.82 Å². The Labute approximate surface area is 184 Å². The maximum atomic E-state index is 13.5. The van der Waals surface area contributed by atoms with Crippen LogP contribution in [0.15, 0.2) is 52.4 Å². The van der Waals surface area contributed by atoms with Crippen LogP contribution in [0.5, 0.6) is 0 Å². The summed E-state index contributed by atoms with van der Waals surface area (Å²) >= 11 is 1.24. The average Bonchev–Trinajstić information content (AvgIpc) is 3.09. The second kappa shape index (κ2) is 8.64. The third-order valence-electron chi connectivity index (χ3n) is 5.52. The molecule has 2 heterocycles. The van der Waals surface area contributed by atoms with Crippen LogP contribution in [-0.2, 0) is 16.6 Å². The van der Waals surface area contributed by atoms with Gasteiger partial charge in [-0.3, -0.25) is 4.79 Å². The quantitative estimate of drug-likeness (QED) is 0.589.